The fourth-order valence-electron chi connectivity index (χ4n) is 0.433. The molecule has 52 valence electrons. The van der Waals surface area contributed by atoms with Crippen LogP contribution in [0.3, 0.4) is 0 Å². The van der Waals surface area contributed by atoms with E-state index in [-0.39, 0.29) is 0 Å². The lowest BCUT2D eigenvalue weighted by atomic mass is 11.0. The molecule has 2 nitrogen and oxygen atoms in total. The summed E-state index contributed by atoms with van der Waals surface area (Å²) in [6.45, 7) is 0.476. The molecule has 0 saturated heterocycles. The second-order valence-corrected chi connectivity index (χ2v) is 3.77. The minimum Gasteiger partial charge on any atom is -0.255 e. The van der Waals surface area contributed by atoms with E-state index in [2.05, 4.69) is 31.9 Å². The summed E-state index contributed by atoms with van der Waals surface area (Å²) in [6.07, 6.45) is 0. The van der Waals surface area contributed by atoms with E-state index >= 15 is 0 Å². The van der Waals surface area contributed by atoms with Crippen molar-refractivity contribution in [3.8, 4) is 0 Å². The van der Waals surface area contributed by atoms with Gasteiger partial charge in [-0.15, -0.1) is 0 Å². The maximum absolute atomic E-state index is 5.62. The number of hydrogen-bond donors (Lipinski definition) is 0. The van der Waals surface area contributed by atoms with Crippen molar-refractivity contribution in [2.24, 2.45) is 0 Å². The third-order valence-corrected chi connectivity index (χ3v) is 3.94. The highest BCUT2D eigenvalue weighted by atomic mass is 79.9. The fourth-order valence-corrected chi connectivity index (χ4v) is 1.72. The lowest BCUT2D eigenvalue weighted by molar-refractivity contribution is 0.492. The normalized spacial score (nSPS) is 20.0. The summed E-state index contributed by atoms with van der Waals surface area (Å²) in [7, 11) is 0. The summed E-state index contributed by atoms with van der Waals surface area (Å²) in [6, 6.07) is 0. The van der Waals surface area contributed by atoms with E-state index < -0.39 is 0 Å². The number of halogens is 4. The van der Waals surface area contributed by atoms with E-state index in [1.807, 2.05) is 0 Å². The van der Waals surface area contributed by atoms with Crippen LogP contribution in [0.4, 0.5) is 0 Å². The molecule has 0 amide bonds. The Balaban J connectivity index is 2.79. The first-order valence-corrected chi connectivity index (χ1v) is 4.31. The Morgan fingerprint density at radius 3 is 1.56 bits per heavy atom. The zero-order valence-corrected chi connectivity index (χ0v) is 8.80. The van der Waals surface area contributed by atoms with Crippen molar-refractivity contribution in [1.29, 1.82) is 0 Å². The van der Waals surface area contributed by atoms with Crippen molar-refractivity contribution in [2.75, 3.05) is 6.67 Å². The van der Waals surface area contributed by atoms with Crippen molar-refractivity contribution in [3.63, 3.8) is 0 Å². The summed E-state index contributed by atoms with van der Waals surface area (Å²) in [5, 5.41) is 0. The minimum absolute atomic E-state index is 0.476. The van der Waals surface area contributed by atoms with Gasteiger partial charge in [0.05, 0.1) is 0 Å². The Hall–Kier alpha value is 0.880. The molecule has 0 bridgehead atoms. The average Bonchev–Trinajstić information content (AvgIpc) is 1.98. The molecule has 1 rings (SSSR count). The summed E-state index contributed by atoms with van der Waals surface area (Å²) in [5.74, 6) is 0. The Bertz CT molecular complexity index is 144. The van der Waals surface area contributed by atoms with E-state index in [9.17, 15) is 0 Å². The van der Waals surface area contributed by atoms with Gasteiger partial charge in [-0.1, -0.05) is 0 Å². The molecule has 0 atom stereocenters. The van der Waals surface area contributed by atoms with Crippen molar-refractivity contribution in [1.82, 2.24) is 8.84 Å². The highest BCUT2D eigenvalue weighted by Crippen LogP contribution is 2.34. The van der Waals surface area contributed by atoms with Crippen molar-refractivity contribution in [2.45, 2.75) is 0 Å². The minimum atomic E-state index is 0.476. The predicted molar refractivity (Wildman–Crippen MR) is 45.1 cm³/mol. The monoisotopic (exact) mass is 294 g/mol. The van der Waals surface area contributed by atoms with Crippen LogP contribution in [0.1, 0.15) is 0 Å². The molecule has 0 saturated carbocycles. The molecule has 0 radical (unpaired) electrons. The molecular weight excluding hydrogens is 295 g/mol. The summed E-state index contributed by atoms with van der Waals surface area (Å²) in [5.41, 5.74) is 0. The molecule has 6 heteroatoms. The van der Waals surface area contributed by atoms with Crippen LogP contribution < -0.4 is 0 Å². The van der Waals surface area contributed by atoms with Gasteiger partial charge in [0.1, 0.15) is 15.9 Å². The van der Waals surface area contributed by atoms with Crippen LogP contribution in [-0.4, -0.2) is 15.5 Å². The van der Waals surface area contributed by atoms with Gasteiger partial charge < -0.3 is 0 Å². The average molecular weight is 297 g/mol. The standard InChI is InChI=1S/C3H2Br2Cl2N2/c4-2-3(5)9(7)1-8(2)6/h1H2. The third kappa shape index (κ3) is 1.48. The molecule has 1 heterocycles. The van der Waals surface area contributed by atoms with E-state index in [4.69, 9.17) is 23.6 Å². The van der Waals surface area contributed by atoms with Gasteiger partial charge in [-0.25, -0.2) is 0 Å². The van der Waals surface area contributed by atoms with Crippen molar-refractivity contribution < 1.29 is 0 Å². The van der Waals surface area contributed by atoms with E-state index in [0.29, 0.717) is 6.67 Å². The zero-order chi connectivity index (χ0) is 7.02. The van der Waals surface area contributed by atoms with Crippen molar-refractivity contribution >= 4 is 55.4 Å². The Labute approximate surface area is 79.9 Å². The molecular formula is C3H2Br2Cl2N2. The van der Waals surface area contributed by atoms with Gasteiger partial charge in [0, 0.05) is 23.6 Å². The zero-order valence-electron chi connectivity index (χ0n) is 4.11. The molecule has 0 fully saturated rings. The van der Waals surface area contributed by atoms with Crippen LogP contribution in [0.2, 0.25) is 0 Å². The van der Waals surface area contributed by atoms with Crippen LogP contribution in [0.15, 0.2) is 9.21 Å². The highest BCUT2D eigenvalue weighted by molar-refractivity contribution is 9.14. The lowest BCUT2D eigenvalue weighted by Gasteiger charge is -2.06. The van der Waals surface area contributed by atoms with Gasteiger partial charge in [0.15, 0.2) is 0 Å². The Morgan fingerprint density at radius 2 is 1.44 bits per heavy atom. The van der Waals surface area contributed by atoms with Gasteiger partial charge >= 0.3 is 0 Å². The van der Waals surface area contributed by atoms with Gasteiger partial charge in [0.25, 0.3) is 0 Å². The first-order valence-electron chi connectivity index (χ1n) is 2.05. The van der Waals surface area contributed by atoms with Gasteiger partial charge in [-0.2, -0.15) is 0 Å². The topological polar surface area (TPSA) is 6.48 Å². The van der Waals surface area contributed by atoms with Crippen LogP contribution in [0.25, 0.3) is 0 Å². The van der Waals surface area contributed by atoms with Crippen LogP contribution in [0, 0.1) is 0 Å². The lowest BCUT2D eigenvalue weighted by Crippen LogP contribution is -2.11. The van der Waals surface area contributed by atoms with E-state index in [1.165, 1.54) is 8.84 Å². The van der Waals surface area contributed by atoms with Crippen molar-refractivity contribution in [3.05, 3.63) is 9.21 Å². The molecule has 0 aromatic rings. The second-order valence-electron chi connectivity index (χ2n) is 1.45. The number of hydrogen-bond acceptors (Lipinski definition) is 2. The molecule has 0 N–H and O–H groups in total. The molecule has 0 spiro atoms. The Kier molecular flexibility index (Phi) is 2.54. The third-order valence-electron chi connectivity index (χ3n) is 0.845. The predicted octanol–water partition coefficient (Wildman–Crippen LogP) is 2.79. The van der Waals surface area contributed by atoms with Crippen LogP contribution in [0.5, 0.6) is 0 Å². The highest BCUT2D eigenvalue weighted by Gasteiger charge is 2.22. The summed E-state index contributed by atoms with van der Waals surface area (Å²) in [4.78, 5) is 0. The SMILES string of the molecule is ClN1CN(Cl)C(Br)=C1Br. The molecule has 0 aromatic heterocycles. The fraction of sp³-hybridized carbons (Fsp3) is 0.333. The van der Waals surface area contributed by atoms with E-state index in [1.54, 1.807) is 0 Å². The first-order chi connectivity index (χ1) is 4.13. The Morgan fingerprint density at radius 1 is 1.11 bits per heavy atom. The van der Waals surface area contributed by atoms with Crippen LogP contribution >= 0.6 is 55.4 Å². The van der Waals surface area contributed by atoms with Gasteiger partial charge in [-0.05, 0) is 31.9 Å². The molecule has 0 unspecified atom stereocenters. The van der Waals surface area contributed by atoms with Crippen LogP contribution in [-0.2, 0) is 0 Å². The number of nitrogens with zero attached hydrogens (tertiary/aromatic N) is 2. The molecule has 0 aliphatic carbocycles. The molecule has 1 aliphatic heterocycles. The molecule has 0 aromatic carbocycles. The summed E-state index contributed by atoms with van der Waals surface area (Å²) < 4.78 is 4.41. The van der Waals surface area contributed by atoms with Gasteiger partial charge in [0.2, 0.25) is 0 Å². The van der Waals surface area contributed by atoms with E-state index in [0.717, 1.165) is 9.21 Å². The maximum atomic E-state index is 5.62. The second kappa shape index (κ2) is 2.86. The first kappa shape index (κ1) is 7.98. The molecule has 1 aliphatic rings. The maximum Gasteiger partial charge on any atom is 0.129 e. The molecule has 9 heavy (non-hydrogen) atoms. The number of rotatable bonds is 0. The largest absolute Gasteiger partial charge is 0.255 e. The summed E-state index contributed by atoms with van der Waals surface area (Å²) >= 11 is 17.7. The quantitative estimate of drug-likeness (QED) is 0.501. The van der Waals surface area contributed by atoms with Gasteiger partial charge in [-0.3, -0.25) is 8.84 Å². The smallest absolute Gasteiger partial charge is 0.129 e.